The van der Waals surface area contributed by atoms with E-state index in [4.69, 9.17) is 4.74 Å². The van der Waals surface area contributed by atoms with Crippen LogP contribution in [0.3, 0.4) is 0 Å². The van der Waals surface area contributed by atoms with Gasteiger partial charge in [-0.2, -0.15) is 0 Å². The number of rotatable bonds is 4. The Kier molecular flexibility index (Phi) is 5.71. The second-order valence-electron chi connectivity index (χ2n) is 8.95. The van der Waals surface area contributed by atoms with E-state index in [9.17, 15) is 4.79 Å². The van der Waals surface area contributed by atoms with Crippen molar-refractivity contribution >= 4 is 11.6 Å². The molecule has 2 aromatic rings. The van der Waals surface area contributed by atoms with Gasteiger partial charge in [0.2, 0.25) is 0 Å². The Morgan fingerprint density at radius 1 is 1.06 bits per heavy atom. The van der Waals surface area contributed by atoms with Gasteiger partial charge in [-0.05, 0) is 61.9 Å². The molecule has 5 rings (SSSR count). The van der Waals surface area contributed by atoms with Crippen LogP contribution in [-0.2, 0) is 0 Å². The molecule has 3 atom stereocenters. The minimum absolute atomic E-state index is 0.187. The Morgan fingerprint density at radius 2 is 1.87 bits per heavy atom. The molecule has 0 spiro atoms. The van der Waals surface area contributed by atoms with E-state index in [0.717, 1.165) is 49.4 Å². The predicted octanol–water partition coefficient (Wildman–Crippen LogP) is 5.93. The van der Waals surface area contributed by atoms with Gasteiger partial charge in [0.15, 0.2) is 0 Å². The maximum atomic E-state index is 13.2. The third-order valence-electron chi connectivity index (χ3n) is 7.06. The highest BCUT2D eigenvalue weighted by Gasteiger charge is 2.39. The Bertz CT molecular complexity index is 975. The normalized spacial score (nSPS) is 24.7. The first kappa shape index (κ1) is 20.2. The fourth-order valence-corrected chi connectivity index (χ4v) is 5.52. The Balaban J connectivity index is 1.46. The van der Waals surface area contributed by atoms with Crippen LogP contribution in [-0.4, -0.2) is 30.5 Å². The molecule has 1 aliphatic carbocycles. The average molecular weight is 417 g/mol. The number of likely N-dealkylation sites (tertiary alicyclic amines) is 1. The van der Waals surface area contributed by atoms with Crippen LogP contribution in [0.4, 0.5) is 5.69 Å². The minimum Gasteiger partial charge on any atom is -0.494 e. The Morgan fingerprint density at radius 3 is 2.68 bits per heavy atom. The van der Waals surface area contributed by atoms with Crippen LogP contribution < -0.4 is 10.1 Å². The van der Waals surface area contributed by atoms with E-state index >= 15 is 0 Å². The summed E-state index contributed by atoms with van der Waals surface area (Å²) in [6.45, 7) is 4.46. The van der Waals surface area contributed by atoms with Gasteiger partial charge in [-0.15, -0.1) is 0 Å². The molecule has 1 N–H and O–H groups in total. The molecule has 3 unspecified atom stereocenters. The second-order valence-corrected chi connectivity index (χ2v) is 8.95. The number of ether oxygens (including phenoxy) is 1. The summed E-state index contributed by atoms with van der Waals surface area (Å²) in [4.78, 5) is 15.3. The first-order valence-corrected chi connectivity index (χ1v) is 11.8. The third kappa shape index (κ3) is 3.84. The summed E-state index contributed by atoms with van der Waals surface area (Å²) in [6.07, 6.45) is 10.4. The van der Waals surface area contributed by atoms with E-state index in [1.165, 1.54) is 24.0 Å². The van der Waals surface area contributed by atoms with Crippen LogP contribution in [0.25, 0.3) is 0 Å². The first-order valence-electron chi connectivity index (χ1n) is 11.8. The lowest BCUT2D eigenvalue weighted by Crippen LogP contribution is -2.33. The molecular formula is C27H32N2O2. The summed E-state index contributed by atoms with van der Waals surface area (Å²) in [7, 11) is 0. The van der Waals surface area contributed by atoms with E-state index in [1.807, 2.05) is 24.0 Å². The highest BCUT2D eigenvalue weighted by molar-refractivity contribution is 5.95. The number of carbonyl (C=O) groups is 1. The van der Waals surface area contributed by atoms with Gasteiger partial charge in [-0.3, -0.25) is 4.79 Å². The zero-order valence-electron chi connectivity index (χ0n) is 18.3. The van der Waals surface area contributed by atoms with Crippen molar-refractivity contribution in [3.05, 3.63) is 71.3 Å². The topological polar surface area (TPSA) is 41.6 Å². The molecule has 1 fully saturated rings. The van der Waals surface area contributed by atoms with Crippen molar-refractivity contribution in [2.75, 3.05) is 25.0 Å². The maximum absolute atomic E-state index is 13.2. The molecule has 0 saturated carbocycles. The van der Waals surface area contributed by atoms with Gasteiger partial charge in [0, 0.05) is 35.8 Å². The molecule has 1 saturated heterocycles. The van der Waals surface area contributed by atoms with Gasteiger partial charge >= 0.3 is 0 Å². The number of hydrogen-bond acceptors (Lipinski definition) is 3. The van der Waals surface area contributed by atoms with E-state index in [2.05, 4.69) is 47.8 Å². The summed E-state index contributed by atoms with van der Waals surface area (Å²) >= 11 is 0. The highest BCUT2D eigenvalue weighted by Crippen LogP contribution is 2.51. The SMILES string of the molecule is CCOc1ccccc1C1Nc2ccc(C(=O)N3CCCCCC3)cc2C2C=CCC21. The van der Waals surface area contributed by atoms with Crippen molar-refractivity contribution in [2.45, 2.75) is 51.0 Å². The lowest BCUT2D eigenvalue weighted by Gasteiger charge is -2.38. The molecular weight excluding hydrogens is 384 g/mol. The van der Waals surface area contributed by atoms with Crippen molar-refractivity contribution in [3.8, 4) is 5.75 Å². The molecule has 4 heteroatoms. The predicted molar refractivity (Wildman–Crippen MR) is 125 cm³/mol. The summed E-state index contributed by atoms with van der Waals surface area (Å²) in [5, 5.41) is 3.79. The largest absolute Gasteiger partial charge is 0.494 e. The Labute approximate surface area is 185 Å². The van der Waals surface area contributed by atoms with Gasteiger partial charge in [0.1, 0.15) is 5.75 Å². The molecule has 0 bridgehead atoms. The number of para-hydroxylation sites is 1. The second kappa shape index (κ2) is 8.78. The third-order valence-corrected chi connectivity index (χ3v) is 7.06. The fraction of sp³-hybridized carbons (Fsp3) is 0.444. The summed E-state index contributed by atoms with van der Waals surface area (Å²) in [6, 6.07) is 14.8. The number of nitrogens with zero attached hydrogens (tertiary/aromatic N) is 1. The fourth-order valence-electron chi connectivity index (χ4n) is 5.52. The Hall–Kier alpha value is -2.75. The number of nitrogens with one attached hydrogen (secondary N) is 1. The standard InChI is InChI=1S/C27H32N2O2/c1-2-31-25-13-6-5-10-22(25)26-21-12-9-11-20(21)23-18-19(14-15-24(23)28-26)27(30)29-16-7-3-4-8-17-29/h5-6,9-11,13-15,18,20-21,26,28H,2-4,7-8,12,16-17H2,1H3. The zero-order valence-corrected chi connectivity index (χ0v) is 18.3. The molecule has 4 nitrogen and oxygen atoms in total. The molecule has 0 aromatic heterocycles. The van der Waals surface area contributed by atoms with Gasteiger partial charge in [0.05, 0.1) is 12.6 Å². The highest BCUT2D eigenvalue weighted by atomic mass is 16.5. The monoisotopic (exact) mass is 416 g/mol. The number of benzene rings is 2. The first-order chi connectivity index (χ1) is 15.3. The van der Waals surface area contributed by atoms with E-state index in [-0.39, 0.29) is 11.9 Å². The molecule has 2 heterocycles. The number of fused-ring (bicyclic) bond motifs is 3. The van der Waals surface area contributed by atoms with Gasteiger partial charge in [-0.1, -0.05) is 43.2 Å². The van der Waals surface area contributed by atoms with Gasteiger partial charge < -0.3 is 15.0 Å². The van der Waals surface area contributed by atoms with Crippen molar-refractivity contribution in [2.24, 2.45) is 5.92 Å². The molecule has 162 valence electrons. The van der Waals surface area contributed by atoms with Crippen LogP contribution in [0, 0.1) is 5.92 Å². The van der Waals surface area contributed by atoms with Crippen LogP contribution in [0.2, 0.25) is 0 Å². The van der Waals surface area contributed by atoms with Crippen LogP contribution >= 0.6 is 0 Å². The van der Waals surface area contributed by atoms with Crippen LogP contribution in [0.1, 0.15) is 72.5 Å². The summed E-state index contributed by atoms with van der Waals surface area (Å²) < 4.78 is 5.94. The van der Waals surface area contributed by atoms with Crippen molar-refractivity contribution in [3.63, 3.8) is 0 Å². The number of allylic oxidation sites excluding steroid dienone is 2. The van der Waals surface area contributed by atoms with Crippen molar-refractivity contribution in [1.82, 2.24) is 4.90 Å². The number of amides is 1. The van der Waals surface area contributed by atoms with Crippen molar-refractivity contribution < 1.29 is 9.53 Å². The van der Waals surface area contributed by atoms with Crippen LogP contribution in [0.15, 0.2) is 54.6 Å². The van der Waals surface area contributed by atoms with Crippen LogP contribution in [0.5, 0.6) is 5.75 Å². The molecule has 1 amide bonds. The maximum Gasteiger partial charge on any atom is 0.253 e. The molecule has 3 aliphatic rings. The minimum atomic E-state index is 0.187. The van der Waals surface area contributed by atoms with E-state index in [1.54, 1.807) is 0 Å². The van der Waals surface area contributed by atoms with E-state index in [0.29, 0.717) is 18.4 Å². The van der Waals surface area contributed by atoms with E-state index < -0.39 is 0 Å². The van der Waals surface area contributed by atoms with Gasteiger partial charge in [-0.25, -0.2) is 0 Å². The number of anilines is 1. The summed E-state index contributed by atoms with van der Waals surface area (Å²) in [5.41, 5.74) is 4.44. The zero-order chi connectivity index (χ0) is 21.2. The lowest BCUT2D eigenvalue weighted by atomic mass is 9.76. The number of hydrogen-bond donors (Lipinski definition) is 1. The van der Waals surface area contributed by atoms with Crippen molar-refractivity contribution in [1.29, 1.82) is 0 Å². The molecule has 0 radical (unpaired) electrons. The quantitative estimate of drug-likeness (QED) is 0.628. The molecule has 2 aliphatic heterocycles. The average Bonchev–Trinajstić information content (AvgIpc) is 3.14. The lowest BCUT2D eigenvalue weighted by molar-refractivity contribution is 0.0761. The molecule has 31 heavy (non-hydrogen) atoms. The molecule has 2 aromatic carbocycles. The van der Waals surface area contributed by atoms with Gasteiger partial charge in [0.25, 0.3) is 5.91 Å². The number of carbonyl (C=O) groups excluding carboxylic acids is 1. The summed E-state index contributed by atoms with van der Waals surface area (Å²) in [5.74, 6) is 1.90. The smallest absolute Gasteiger partial charge is 0.253 e.